The Morgan fingerprint density at radius 3 is 2.55 bits per heavy atom. The van der Waals surface area contributed by atoms with Crippen LogP contribution in [0.5, 0.6) is 17.2 Å². The Labute approximate surface area is 222 Å². The Hall–Kier alpha value is -3.30. The van der Waals surface area contributed by atoms with Crippen molar-refractivity contribution in [3.8, 4) is 17.2 Å². The van der Waals surface area contributed by atoms with Gasteiger partial charge < -0.3 is 34.6 Å². The molecule has 0 aromatic heterocycles. The smallest absolute Gasteiger partial charge is 0.257 e. The van der Waals surface area contributed by atoms with Gasteiger partial charge in [-0.1, -0.05) is 24.3 Å². The summed E-state index contributed by atoms with van der Waals surface area (Å²) in [6, 6.07) is 12.9. The molecule has 3 heterocycles. The van der Waals surface area contributed by atoms with Crippen molar-refractivity contribution < 1.29 is 34.0 Å². The minimum atomic E-state index is -0.969. The van der Waals surface area contributed by atoms with E-state index in [1.165, 1.54) is 0 Å². The third-order valence-electron chi connectivity index (χ3n) is 7.85. The summed E-state index contributed by atoms with van der Waals surface area (Å²) in [5.74, 6) is 1.70. The van der Waals surface area contributed by atoms with Crippen LogP contribution in [0.3, 0.4) is 0 Å². The molecule has 0 radical (unpaired) electrons. The Morgan fingerprint density at radius 1 is 0.974 bits per heavy atom. The van der Waals surface area contributed by atoms with Crippen LogP contribution in [-0.2, 0) is 22.4 Å². The maximum absolute atomic E-state index is 13.1. The van der Waals surface area contributed by atoms with Gasteiger partial charge >= 0.3 is 0 Å². The summed E-state index contributed by atoms with van der Waals surface area (Å²) in [5, 5.41) is 24.7. The summed E-state index contributed by atoms with van der Waals surface area (Å²) in [5.41, 5.74) is 1.19. The molecule has 3 aliphatic heterocycles. The first-order chi connectivity index (χ1) is 18.4. The Morgan fingerprint density at radius 2 is 1.74 bits per heavy atom. The van der Waals surface area contributed by atoms with Crippen LogP contribution in [0.1, 0.15) is 36.8 Å². The number of carbonyl (C=O) groups is 2. The first-order valence-electron chi connectivity index (χ1n) is 13.4. The highest BCUT2D eigenvalue weighted by molar-refractivity contribution is 5.79. The number of amides is 2. The lowest BCUT2D eigenvalue weighted by molar-refractivity contribution is -0.134. The number of carbonyl (C=O) groups excluding carboxylic acids is 2. The predicted molar refractivity (Wildman–Crippen MR) is 139 cm³/mol. The lowest BCUT2D eigenvalue weighted by Gasteiger charge is -2.43. The van der Waals surface area contributed by atoms with Gasteiger partial charge in [-0.15, -0.1) is 0 Å². The van der Waals surface area contributed by atoms with Crippen LogP contribution in [0, 0.1) is 5.41 Å². The molecule has 0 bridgehead atoms. The summed E-state index contributed by atoms with van der Waals surface area (Å²) >= 11 is 0. The number of hydrogen-bond donors (Lipinski definition) is 3. The average Bonchev–Trinajstić information content (AvgIpc) is 3.16. The van der Waals surface area contributed by atoms with E-state index in [1.807, 2.05) is 41.3 Å². The molecular formula is C29H36N2O7. The number of ether oxygens (including phenoxy) is 3. The van der Waals surface area contributed by atoms with Gasteiger partial charge in [0, 0.05) is 32.5 Å². The van der Waals surface area contributed by atoms with Crippen molar-refractivity contribution in [2.24, 2.45) is 5.41 Å². The number of piperidine rings is 1. The molecule has 3 N–H and O–H groups in total. The molecule has 9 heteroatoms. The third kappa shape index (κ3) is 6.22. The van der Waals surface area contributed by atoms with E-state index in [0.717, 1.165) is 17.5 Å². The minimum absolute atomic E-state index is 0.0251. The highest BCUT2D eigenvalue weighted by Gasteiger charge is 2.39. The predicted octanol–water partition coefficient (Wildman–Crippen LogP) is 1.86. The van der Waals surface area contributed by atoms with E-state index in [2.05, 4.69) is 5.32 Å². The van der Waals surface area contributed by atoms with E-state index >= 15 is 0 Å². The van der Waals surface area contributed by atoms with Gasteiger partial charge in [-0.3, -0.25) is 9.59 Å². The number of aliphatic hydroxyl groups excluding tert-OH is 2. The number of nitrogens with zero attached hydrogens (tertiary/aromatic N) is 1. The minimum Gasteiger partial charge on any atom is -0.490 e. The summed E-state index contributed by atoms with van der Waals surface area (Å²) in [6.07, 6.45) is 0.942. The molecule has 5 rings (SSSR count). The zero-order valence-corrected chi connectivity index (χ0v) is 21.6. The molecule has 2 amide bonds. The number of fused-ring (bicyclic) bond motifs is 2. The van der Waals surface area contributed by atoms with Gasteiger partial charge in [0.25, 0.3) is 5.91 Å². The summed E-state index contributed by atoms with van der Waals surface area (Å²) < 4.78 is 17.1. The van der Waals surface area contributed by atoms with Crippen LogP contribution in [-0.4, -0.2) is 78.6 Å². The van der Waals surface area contributed by atoms with Crippen molar-refractivity contribution in [3.63, 3.8) is 0 Å². The monoisotopic (exact) mass is 524 g/mol. The highest BCUT2D eigenvalue weighted by Crippen LogP contribution is 2.38. The molecule has 38 heavy (non-hydrogen) atoms. The molecule has 2 aromatic carbocycles. The topological polar surface area (TPSA) is 118 Å². The van der Waals surface area contributed by atoms with Crippen LogP contribution < -0.4 is 19.5 Å². The molecular weight excluding hydrogens is 488 g/mol. The largest absolute Gasteiger partial charge is 0.490 e. The molecule has 1 spiro atoms. The maximum Gasteiger partial charge on any atom is 0.257 e. The van der Waals surface area contributed by atoms with E-state index in [1.54, 1.807) is 6.07 Å². The molecule has 1 saturated heterocycles. The van der Waals surface area contributed by atoms with Crippen LogP contribution in [0.4, 0.5) is 0 Å². The number of likely N-dealkylation sites (tertiary alicyclic amines) is 1. The molecule has 0 aliphatic carbocycles. The first kappa shape index (κ1) is 26.3. The van der Waals surface area contributed by atoms with Gasteiger partial charge in [0.15, 0.2) is 18.1 Å². The fourth-order valence-corrected chi connectivity index (χ4v) is 5.52. The first-order valence-corrected chi connectivity index (χ1v) is 13.4. The molecule has 0 unspecified atom stereocenters. The molecule has 1 fully saturated rings. The lowest BCUT2D eigenvalue weighted by Crippen LogP contribution is -2.51. The second-order valence-corrected chi connectivity index (χ2v) is 10.6. The van der Waals surface area contributed by atoms with Gasteiger partial charge in [0.05, 0.1) is 31.8 Å². The molecule has 204 valence electrons. The Kier molecular flexibility index (Phi) is 8.04. The fraction of sp³-hybridized carbons (Fsp3) is 0.517. The fourth-order valence-electron chi connectivity index (χ4n) is 5.52. The Balaban J connectivity index is 1.23. The van der Waals surface area contributed by atoms with E-state index in [9.17, 15) is 19.8 Å². The van der Waals surface area contributed by atoms with E-state index < -0.39 is 17.6 Å². The SMILES string of the molecule is O=C1COc2ccccc2C[C@H](O)[C@H](O)CC2(CCN(C(=O)Cc3ccc4c(c3)OCCCO4)CC2)CN1. The summed E-state index contributed by atoms with van der Waals surface area (Å²) in [7, 11) is 0. The van der Waals surface area contributed by atoms with Crippen molar-refractivity contribution in [2.45, 2.75) is 50.7 Å². The van der Waals surface area contributed by atoms with Crippen molar-refractivity contribution in [1.82, 2.24) is 10.2 Å². The van der Waals surface area contributed by atoms with Gasteiger partial charge in [-0.2, -0.15) is 0 Å². The van der Waals surface area contributed by atoms with E-state index in [0.29, 0.717) is 69.4 Å². The number of rotatable bonds is 2. The van der Waals surface area contributed by atoms with Gasteiger partial charge in [0.1, 0.15) is 5.75 Å². The standard InChI is InChI=1S/C29H36N2O7/c32-22-16-21-4-1-2-5-24(21)38-18-27(34)30-19-29(17-23(22)33)8-10-31(11-9-29)28(35)15-20-6-7-25-26(14-20)37-13-3-12-36-25/h1-2,4-7,14,22-23,32-33H,3,8-13,15-19H2,(H,30,34)/t22-,23+/m0/s1. The quantitative estimate of drug-likeness (QED) is 0.549. The average molecular weight is 525 g/mol. The van der Waals surface area contributed by atoms with Crippen molar-refractivity contribution in [2.75, 3.05) is 39.5 Å². The molecule has 0 saturated carbocycles. The van der Waals surface area contributed by atoms with Gasteiger partial charge in [0.2, 0.25) is 5.91 Å². The third-order valence-corrected chi connectivity index (χ3v) is 7.85. The molecule has 2 atom stereocenters. The normalized spacial score (nSPS) is 23.6. The number of nitrogens with one attached hydrogen (secondary N) is 1. The van der Waals surface area contributed by atoms with Crippen molar-refractivity contribution in [1.29, 1.82) is 0 Å². The molecule has 3 aliphatic rings. The van der Waals surface area contributed by atoms with Crippen LogP contribution >= 0.6 is 0 Å². The molecule has 2 aromatic rings. The zero-order chi connectivity index (χ0) is 26.5. The van der Waals surface area contributed by atoms with Gasteiger partial charge in [-0.25, -0.2) is 0 Å². The summed E-state index contributed by atoms with van der Waals surface area (Å²) in [6.45, 7) is 2.47. The second-order valence-electron chi connectivity index (χ2n) is 10.6. The van der Waals surface area contributed by atoms with E-state index in [-0.39, 0.29) is 31.3 Å². The van der Waals surface area contributed by atoms with Crippen molar-refractivity contribution in [3.05, 3.63) is 53.6 Å². The number of benzene rings is 2. The van der Waals surface area contributed by atoms with Crippen LogP contribution in [0.15, 0.2) is 42.5 Å². The second kappa shape index (κ2) is 11.6. The zero-order valence-electron chi connectivity index (χ0n) is 21.6. The number of aliphatic hydroxyl groups is 2. The number of para-hydroxylation sites is 1. The number of hydrogen-bond acceptors (Lipinski definition) is 7. The Bertz CT molecular complexity index is 1150. The van der Waals surface area contributed by atoms with Crippen LogP contribution in [0.2, 0.25) is 0 Å². The maximum atomic E-state index is 13.1. The molecule has 9 nitrogen and oxygen atoms in total. The van der Waals surface area contributed by atoms with Gasteiger partial charge in [-0.05, 0) is 54.0 Å². The van der Waals surface area contributed by atoms with E-state index in [4.69, 9.17) is 14.2 Å². The lowest BCUT2D eigenvalue weighted by atomic mass is 9.73. The van der Waals surface area contributed by atoms with Crippen molar-refractivity contribution >= 4 is 11.8 Å². The summed E-state index contributed by atoms with van der Waals surface area (Å²) in [4.78, 5) is 27.5. The highest BCUT2D eigenvalue weighted by atomic mass is 16.5. The van der Waals surface area contributed by atoms with Crippen LogP contribution in [0.25, 0.3) is 0 Å².